The second kappa shape index (κ2) is 4.95. The fraction of sp³-hybridized carbons (Fsp3) is 0.529. The zero-order valence-electron chi connectivity index (χ0n) is 12.8. The summed E-state index contributed by atoms with van der Waals surface area (Å²) in [5, 5.41) is 5.96. The minimum atomic E-state index is 0.540. The zero-order chi connectivity index (χ0) is 14.4. The van der Waals surface area contributed by atoms with Crippen molar-refractivity contribution in [2.24, 2.45) is 10.9 Å². The van der Waals surface area contributed by atoms with Crippen LogP contribution in [0.2, 0.25) is 0 Å². The third-order valence-corrected chi connectivity index (χ3v) is 4.74. The monoisotopic (exact) mass is 282 g/mol. The van der Waals surface area contributed by atoms with Crippen LogP contribution in [0.1, 0.15) is 31.4 Å². The van der Waals surface area contributed by atoms with Crippen LogP contribution < -0.4 is 0 Å². The second-order valence-electron chi connectivity index (χ2n) is 6.69. The van der Waals surface area contributed by atoms with Gasteiger partial charge in [-0.15, -0.1) is 0 Å². The number of fused-ring (bicyclic) bond motifs is 1. The van der Waals surface area contributed by atoms with E-state index in [-0.39, 0.29) is 0 Å². The Labute approximate surface area is 125 Å². The Morgan fingerprint density at radius 3 is 2.81 bits per heavy atom. The van der Waals surface area contributed by atoms with Crippen molar-refractivity contribution in [3.63, 3.8) is 0 Å². The number of aliphatic imine (C=N–C) groups is 1. The maximum Gasteiger partial charge on any atom is 0.0923 e. The molecular weight excluding hydrogens is 260 g/mol. The molecule has 2 aliphatic heterocycles. The smallest absolute Gasteiger partial charge is 0.0923 e. The molecule has 4 nitrogen and oxygen atoms in total. The Morgan fingerprint density at radius 2 is 2.10 bits per heavy atom. The van der Waals surface area contributed by atoms with Crippen molar-refractivity contribution in [2.45, 2.75) is 25.8 Å². The van der Waals surface area contributed by atoms with Gasteiger partial charge in [0.1, 0.15) is 0 Å². The van der Waals surface area contributed by atoms with Crippen LogP contribution in [0.25, 0.3) is 10.9 Å². The van der Waals surface area contributed by atoms with Gasteiger partial charge in [0.05, 0.1) is 11.6 Å². The predicted octanol–water partition coefficient (Wildman–Crippen LogP) is 2.74. The highest BCUT2D eigenvalue weighted by Gasteiger charge is 2.25. The molecule has 0 radical (unpaired) electrons. The standard InChI is InChI=1S/C17H22N4/c1-12-3-5-16(18-8-12)13-4-6-17-14(7-13)9-21(19-17)15-10-20(2)11-15/h4,6-7,9,12,15H,3,5,8,10-11H2,1-2H3. The number of rotatable bonds is 2. The molecule has 1 aromatic heterocycles. The minimum Gasteiger partial charge on any atom is -0.302 e. The van der Waals surface area contributed by atoms with E-state index in [2.05, 4.69) is 47.9 Å². The molecule has 4 heteroatoms. The lowest BCUT2D eigenvalue weighted by molar-refractivity contribution is 0.131. The fourth-order valence-corrected chi connectivity index (χ4v) is 3.30. The van der Waals surface area contributed by atoms with Gasteiger partial charge >= 0.3 is 0 Å². The van der Waals surface area contributed by atoms with Gasteiger partial charge in [0, 0.05) is 36.9 Å². The van der Waals surface area contributed by atoms with Gasteiger partial charge in [0.2, 0.25) is 0 Å². The molecule has 0 aliphatic carbocycles. The first-order chi connectivity index (χ1) is 10.2. The lowest BCUT2D eigenvalue weighted by Crippen LogP contribution is -2.45. The molecule has 3 heterocycles. The molecule has 0 spiro atoms. The summed E-state index contributed by atoms with van der Waals surface area (Å²) in [6.07, 6.45) is 4.56. The van der Waals surface area contributed by atoms with Gasteiger partial charge in [-0.1, -0.05) is 13.0 Å². The van der Waals surface area contributed by atoms with Crippen molar-refractivity contribution in [1.82, 2.24) is 14.7 Å². The minimum absolute atomic E-state index is 0.540. The topological polar surface area (TPSA) is 33.4 Å². The molecule has 1 unspecified atom stereocenters. The Bertz CT molecular complexity index is 694. The van der Waals surface area contributed by atoms with E-state index < -0.39 is 0 Å². The molecule has 1 atom stereocenters. The lowest BCUT2D eigenvalue weighted by Gasteiger charge is -2.36. The summed E-state index contributed by atoms with van der Waals surface area (Å²) >= 11 is 0. The third kappa shape index (κ3) is 2.38. The first-order valence-corrected chi connectivity index (χ1v) is 7.90. The summed E-state index contributed by atoms with van der Waals surface area (Å²) in [4.78, 5) is 7.07. The van der Waals surface area contributed by atoms with Gasteiger partial charge in [-0.3, -0.25) is 9.67 Å². The van der Waals surface area contributed by atoms with Crippen molar-refractivity contribution < 1.29 is 0 Å². The fourth-order valence-electron chi connectivity index (χ4n) is 3.30. The molecule has 2 aliphatic rings. The maximum atomic E-state index is 4.75. The number of aromatic nitrogens is 2. The van der Waals surface area contributed by atoms with Gasteiger partial charge in [0.15, 0.2) is 0 Å². The summed E-state index contributed by atoms with van der Waals surface area (Å²) in [5.74, 6) is 0.732. The zero-order valence-corrected chi connectivity index (χ0v) is 12.8. The Balaban J connectivity index is 1.63. The molecule has 0 saturated carbocycles. The summed E-state index contributed by atoms with van der Waals surface area (Å²) in [5.41, 5.74) is 3.64. The van der Waals surface area contributed by atoms with E-state index in [0.717, 1.165) is 37.5 Å². The van der Waals surface area contributed by atoms with Gasteiger partial charge < -0.3 is 4.90 Å². The first-order valence-electron chi connectivity index (χ1n) is 7.90. The third-order valence-electron chi connectivity index (χ3n) is 4.74. The van der Waals surface area contributed by atoms with Crippen LogP contribution in [0.5, 0.6) is 0 Å². The van der Waals surface area contributed by atoms with Crippen LogP contribution in [0.15, 0.2) is 29.4 Å². The van der Waals surface area contributed by atoms with Gasteiger partial charge in [-0.25, -0.2) is 0 Å². The highest BCUT2D eigenvalue weighted by Crippen LogP contribution is 2.24. The van der Waals surface area contributed by atoms with E-state index in [4.69, 9.17) is 10.1 Å². The van der Waals surface area contributed by atoms with Crippen molar-refractivity contribution in [1.29, 1.82) is 0 Å². The average Bonchev–Trinajstić information content (AvgIpc) is 2.87. The Kier molecular flexibility index (Phi) is 3.07. The van der Waals surface area contributed by atoms with E-state index in [1.54, 1.807) is 0 Å². The highest BCUT2D eigenvalue weighted by atomic mass is 15.4. The van der Waals surface area contributed by atoms with Crippen LogP contribution in [0.4, 0.5) is 0 Å². The second-order valence-corrected chi connectivity index (χ2v) is 6.69. The van der Waals surface area contributed by atoms with Crippen LogP contribution in [-0.2, 0) is 0 Å². The van der Waals surface area contributed by atoms with Crippen LogP contribution in [0.3, 0.4) is 0 Å². The van der Waals surface area contributed by atoms with E-state index in [1.165, 1.54) is 23.1 Å². The molecule has 0 bridgehead atoms. The van der Waals surface area contributed by atoms with E-state index in [0.29, 0.717) is 6.04 Å². The SMILES string of the molecule is CC1CCC(c2ccc3nn(C4CN(C)C4)cc3c2)=NC1. The van der Waals surface area contributed by atoms with Crippen molar-refractivity contribution in [2.75, 3.05) is 26.7 Å². The van der Waals surface area contributed by atoms with E-state index in [9.17, 15) is 0 Å². The number of nitrogens with zero attached hydrogens (tertiary/aromatic N) is 4. The molecular formula is C17H22N4. The highest BCUT2D eigenvalue weighted by molar-refractivity contribution is 6.03. The molecule has 2 aromatic rings. The summed E-state index contributed by atoms with van der Waals surface area (Å²) in [6, 6.07) is 7.13. The van der Waals surface area contributed by atoms with Gasteiger partial charge in [0.25, 0.3) is 0 Å². The van der Waals surface area contributed by atoms with Gasteiger partial charge in [-0.2, -0.15) is 5.10 Å². The van der Waals surface area contributed by atoms with E-state index in [1.807, 2.05) is 0 Å². The number of likely N-dealkylation sites (tertiary alicyclic amines) is 1. The van der Waals surface area contributed by atoms with Crippen LogP contribution >= 0.6 is 0 Å². The van der Waals surface area contributed by atoms with Crippen molar-refractivity contribution >= 4 is 16.6 Å². The normalized spacial score (nSPS) is 24.1. The average molecular weight is 282 g/mol. The number of hydrogen-bond donors (Lipinski definition) is 0. The molecule has 0 N–H and O–H groups in total. The lowest BCUT2D eigenvalue weighted by atomic mass is 9.95. The molecule has 21 heavy (non-hydrogen) atoms. The van der Waals surface area contributed by atoms with Gasteiger partial charge in [-0.05, 0) is 43.5 Å². The van der Waals surface area contributed by atoms with Crippen LogP contribution in [-0.4, -0.2) is 47.1 Å². The summed E-state index contributed by atoms with van der Waals surface area (Å²) in [7, 11) is 2.15. The number of hydrogen-bond acceptors (Lipinski definition) is 3. The number of benzene rings is 1. The molecule has 1 aromatic carbocycles. The molecule has 1 saturated heterocycles. The van der Waals surface area contributed by atoms with E-state index >= 15 is 0 Å². The molecule has 0 amide bonds. The maximum absolute atomic E-state index is 4.75. The molecule has 1 fully saturated rings. The van der Waals surface area contributed by atoms with Crippen LogP contribution in [0, 0.1) is 5.92 Å². The molecule has 4 rings (SSSR count). The summed E-state index contributed by atoms with van der Waals surface area (Å²) in [6.45, 7) is 5.46. The van der Waals surface area contributed by atoms with Crippen molar-refractivity contribution in [3.05, 3.63) is 30.0 Å². The number of likely N-dealkylation sites (N-methyl/N-ethyl adjacent to an activating group) is 1. The largest absolute Gasteiger partial charge is 0.302 e. The first kappa shape index (κ1) is 13.0. The Morgan fingerprint density at radius 1 is 1.24 bits per heavy atom. The summed E-state index contributed by atoms with van der Waals surface area (Å²) < 4.78 is 2.14. The predicted molar refractivity (Wildman–Crippen MR) is 86.1 cm³/mol. The molecule has 110 valence electrons. The van der Waals surface area contributed by atoms with Crippen molar-refractivity contribution in [3.8, 4) is 0 Å². The quantitative estimate of drug-likeness (QED) is 0.848. The Hall–Kier alpha value is -1.68.